The van der Waals surface area contributed by atoms with Crippen molar-refractivity contribution in [3.63, 3.8) is 0 Å². The Bertz CT molecular complexity index is 765. The Morgan fingerprint density at radius 3 is 2.55 bits per heavy atom. The van der Waals surface area contributed by atoms with Gasteiger partial charge in [-0.05, 0) is 13.0 Å². The molecule has 1 N–H and O–H groups in total. The summed E-state index contributed by atoms with van der Waals surface area (Å²) in [5.41, 5.74) is -2.13. The van der Waals surface area contributed by atoms with Crippen LogP contribution in [0, 0.1) is 17.0 Å². The highest BCUT2D eigenvalue weighted by Gasteiger charge is 2.39. The zero-order valence-corrected chi connectivity index (χ0v) is 11.6. The summed E-state index contributed by atoms with van der Waals surface area (Å²) in [4.78, 5) is 23.8. The molecule has 0 aliphatic rings. The van der Waals surface area contributed by atoms with Gasteiger partial charge in [-0.3, -0.25) is 14.9 Å². The third-order valence-electron chi connectivity index (χ3n) is 3.05. The number of fused-ring (bicyclic) bond motifs is 1. The first-order chi connectivity index (χ1) is 10.1. The Hall–Kier alpha value is -2.58. The summed E-state index contributed by atoms with van der Waals surface area (Å²) in [6.45, 7) is 3.05. The van der Waals surface area contributed by atoms with E-state index in [4.69, 9.17) is 4.74 Å². The minimum atomic E-state index is -4.87. The van der Waals surface area contributed by atoms with Crippen LogP contribution in [0.1, 0.15) is 24.6 Å². The number of aromatic nitrogens is 1. The summed E-state index contributed by atoms with van der Waals surface area (Å²) >= 11 is 0. The van der Waals surface area contributed by atoms with E-state index in [1.807, 2.05) is 0 Å². The number of nitro benzene ring substituents is 1. The topological polar surface area (TPSA) is 85.2 Å². The Morgan fingerprint density at radius 1 is 1.41 bits per heavy atom. The number of rotatable bonds is 3. The first-order valence-corrected chi connectivity index (χ1v) is 6.23. The smallest absolute Gasteiger partial charge is 0.423 e. The monoisotopic (exact) mass is 316 g/mol. The zero-order valence-electron chi connectivity index (χ0n) is 11.6. The van der Waals surface area contributed by atoms with Crippen LogP contribution in [0.4, 0.5) is 18.9 Å². The molecular weight excluding hydrogens is 305 g/mol. The number of nitrogens with one attached hydrogen (secondary N) is 1. The number of H-pyrrole nitrogens is 1. The fraction of sp³-hybridized carbons (Fsp3) is 0.308. The van der Waals surface area contributed by atoms with Gasteiger partial charge in [0, 0.05) is 17.9 Å². The molecule has 0 radical (unpaired) electrons. The van der Waals surface area contributed by atoms with Gasteiger partial charge in [-0.15, -0.1) is 0 Å². The SMILES string of the molecule is CCC(=O)Oc1c(C)[nH]c2cc(C(F)(F)F)c([N+](=O)[O-])cc12. The molecule has 1 aromatic heterocycles. The van der Waals surface area contributed by atoms with Crippen LogP contribution in [-0.2, 0) is 11.0 Å². The molecule has 0 amide bonds. The van der Waals surface area contributed by atoms with Crippen molar-refractivity contribution >= 4 is 22.6 Å². The maximum atomic E-state index is 12.9. The molecule has 0 aliphatic carbocycles. The van der Waals surface area contributed by atoms with E-state index in [0.717, 1.165) is 6.07 Å². The highest BCUT2D eigenvalue weighted by molar-refractivity contribution is 5.92. The lowest BCUT2D eigenvalue weighted by molar-refractivity contribution is -0.387. The molecule has 22 heavy (non-hydrogen) atoms. The second-order valence-electron chi connectivity index (χ2n) is 4.58. The Balaban J connectivity index is 2.73. The molecule has 0 bridgehead atoms. The number of carbonyl (C=O) groups excluding carboxylic acids is 1. The first kappa shape index (κ1) is 15.8. The molecule has 0 unspecified atom stereocenters. The summed E-state index contributed by atoms with van der Waals surface area (Å²) in [6.07, 6.45) is -4.80. The second kappa shape index (κ2) is 5.32. The number of hydrogen-bond donors (Lipinski definition) is 1. The van der Waals surface area contributed by atoms with Gasteiger partial charge in [0.1, 0.15) is 5.56 Å². The van der Waals surface area contributed by atoms with Gasteiger partial charge in [0.05, 0.1) is 16.1 Å². The fourth-order valence-corrected chi connectivity index (χ4v) is 2.04. The van der Waals surface area contributed by atoms with Gasteiger partial charge in [0.15, 0.2) is 5.75 Å². The van der Waals surface area contributed by atoms with Crippen molar-refractivity contribution in [2.45, 2.75) is 26.4 Å². The maximum Gasteiger partial charge on any atom is 0.423 e. The van der Waals surface area contributed by atoms with Crippen LogP contribution in [0.3, 0.4) is 0 Å². The molecule has 0 aliphatic heterocycles. The minimum Gasteiger partial charge on any atom is -0.424 e. The van der Waals surface area contributed by atoms with Crippen LogP contribution in [0.25, 0.3) is 10.9 Å². The van der Waals surface area contributed by atoms with Crippen molar-refractivity contribution in [2.75, 3.05) is 0 Å². The number of nitrogens with zero attached hydrogens (tertiary/aromatic N) is 1. The Labute approximate surface area is 122 Å². The van der Waals surface area contributed by atoms with Crippen molar-refractivity contribution in [2.24, 2.45) is 0 Å². The van der Waals surface area contributed by atoms with Crippen LogP contribution in [0.2, 0.25) is 0 Å². The van der Waals surface area contributed by atoms with Crippen molar-refractivity contribution < 1.29 is 27.6 Å². The molecule has 0 saturated carbocycles. The quantitative estimate of drug-likeness (QED) is 0.531. The van der Waals surface area contributed by atoms with E-state index in [1.54, 1.807) is 6.92 Å². The normalized spacial score (nSPS) is 11.7. The summed E-state index contributed by atoms with van der Waals surface area (Å²) in [6, 6.07) is 1.41. The van der Waals surface area contributed by atoms with E-state index in [2.05, 4.69) is 4.98 Å². The molecule has 0 atom stereocenters. The number of aryl methyl sites for hydroxylation is 1. The number of halogens is 3. The van der Waals surface area contributed by atoms with E-state index in [0.29, 0.717) is 11.8 Å². The van der Waals surface area contributed by atoms with Crippen LogP contribution in [-0.4, -0.2) is 15.9 Å². The molecule has 1 aromatic carbocycles. The molecule has 9 heteroatoms. The molecule has 0 fully saturated rings. The van der Waals surface area contributed by atoms with Crippen molar-refractivity contribution in [1.29, 1.82) is 0 Å². The number of alkyl halides is 3. The van der Waals surface area contributed by atoms with E-state index in [9.17, 15) is 28.1 Å². The maximum absolute atomic E-state index is 12.9. The molecule has 2 rings (SSSR count). The largest absolute Gasteiger partial charge is 0.424 e. The predicted molar refractivity (Wildman–Crippen MR) is 70.6 cm³/mol. The second-order valence-corrected chi connectivity index (χ2v) is 4.58. The summed E-state index contributed by atoms with van der Waals surface area (Å²) in [7, 11) is 0. The fourth-order valence-electron chi connectivity index (χ4n) is 2.04. The lowest BCUT2D eigenvalue weighted by Gasteiger charge is -2.08. The standard InChI is InChI=1S/C13H11F3N2O4/c1-3-11(19)22-12-6(2)17-9-5-8(13(14,15)16)10(18(20)21)4-7(9)12/h4-5,17H,3H2,1-2H3. The summed E-state index contributed by atoms with van der Waals surface area (Å²) in [5.74, 6) is -0.592. The number of carbonyl (C=O) groups is 1. The van der Waals surface area contributed by atoms with Gasteiger partial charge < -0.3 is 9.72 Å². The minimum absolute atomic E-state index is 0.00123. The summed E-state index contributed by atoms with van der Waals surface area (Å²) in [5, 5.41) is 11.0. The average molecular weight is 316 g/mol. The number of ether oxygens (including phenoxy) is 1. The van der Waals surface area contributed by atoms with Crippen LogP contribution in [0.15, 0.2) is 12.1 Å². The molecular formula is C13H11F3N2O4. The molecule has 0 spiro atoms. The molecule has 1 heterocycles. The lowest BCUT2D eigenvalue weighted by atomic mass is 10.1. The third-order valence-corrected chi connectivity index (χ3v) is 3.05. The van der Waals surface area contributed by atoms with Gasteiger partial charge in [-0.1, -0.05) is 6.92 Å². The lowest BCUT2D eigenvalue weighted by Crippen LogP contribution is -2.09. The number of esters is 1. The van der Waals surface area contributed by atoms with Gasteiger partial charge in [-0.25, -0.2) is 0 Å². The molecule has 2 aromatic rings. The van der Waals surface area contributed by atoms with Crippen LogP contribution in [0.5, 0.6) is 5.75 Å². The van der Waals surface area contributed by atoms with Crippen molar-refractivity contribution in [3.8, 4) is 5.75 Å². The van der Waals surface area contributed by atoms with E-state index >= 15 is 0 Å². The van der Waals surface area contributed by atoms with Crippen LogP contribution < -0.4 is 4.74 Å². The van der Waals surface area contributed by atoms with Gasteiger partial charge in [-0.2, -0.15) is 13.2 Å². The van der Waals surface area contributed by atoms with E-state index in [1.165, 1.54) is 6.92 Å². The van der Waals surface area contributed by atoms with Gasteiger partial charge in [0.2, 0.25) is 0 Å². The predicted octanol–water partition coefficient (Wildman–Crippen LogP) is 3.72. The third kappa shape index (κ3) is 2.74. The van der Waals surface area contributed by atoms with Gasteiger partial charge >= 0.3 is 12.1 Å². The molecule has 6 nitrogen and oxygen atoms in total. The average Bonchev–Trinajstić information content (AvgIpc) is 2.72. The number of benzene rings is 1. The van der Waals surface area contributed by atoms with E-state index in [-0.39, 0.29) is 23.1 Å². The van der Waals surface area contributed by atoms with Crippen molar-refractivity contribution in [3.05, 3.63) is 33.5 Å². The highest BCUT2D eigenvalue weighted by Crippen LogP contribution is 2.41. The number of hydrogen-bond acceptors (Lipinski definition) is 4. The first-order valence-electron chi connectivity index (χ1n) is 6.23. The Morgan fingerprint density at radius 2 is 2.05 bits per heavy atom. The zero-order chi connectivity index (χ0) is 16.7. The number of aromatic amines is 1. The summed E-state index contributed by atoms with van der Waals surface area (Å²) < 4.78 is 43.7. The van der Waals surface area contributed by atoms with Gasteiger partial charge in [0.25, 0.3) is 5.69 Å². The highest BCUT2D eigenvalue weighted by atomic mass is 19.4. The molecule has 0 saturated heterocycles. The van der Waals surface area contributed by atoms with Crippen LogP contribution >= 0.6 is 0 Å². The molecule has 118 valence electrons. The number of nitro groups is 1. The van der Waals surface area contributed by atoms with E-state index < -0.39 is 28.3 Å². The van der Waals surface area contributed by atoms with Crippen molar-refractivity contribution in [1.82, 2.24) is 4.98 Å². The Kier molecular flexibility index (Phi) is 3.82.